The molecule has 12 rings (SSSR count). The molecule has 0 spiro atoms. The van der Waals surface area contributed by atoms with Gasteiger partial charge in [-0.25, -0.2) is 0 Å². The topological polar surface area (TPSA) is 8.17 Å². The predicted octanol–water partition coefficient (Wildman–Crippen LogP) is 17.7. The molecule has 12 aromatic rings. The van der Waals surface area contributed by atoms with E-state index < -0.39 is 0 Å². The van der Waals surface area contributed by atoms with Gasteiger partial charge in [-0.15, -0.1) is 0 Å². The molecule has 1 heterocycles. The Kier molecular flexibility index (Phi) is 9.89. The number of benzene rings is 11. The fraction of sp³-hybridized carbons (Fsp3) is 0. The van der Waals surface area contributed by atoms with Gasteiger partial charge in [0.25, 0.3) is 0 Å². The van der Waals surface area contributed by atoms with E-state index in [1.54, 1.807) is 0 Å². The summed E-state index contributed by atoms with van der Waals surface area (Å²) in [4.78, 5) is 2.40. The Morgan fingerprint density at radius 1 is 0.258 bits per heavy atom. The molecule has 0 fully saturated rings. The number of hydrogen-bond acceptors (Lipinski definition) is 1. The van der Waals surface area contributed by atoms with Crippen molar-refractivity contribution in [2.45, 2.75) is 0 Å². The first-order valence-electron chi connectivity index (χ1n) is 22.7. The van der Waals surface area contributed by atoms with Gasteiger partial charge >= 0.3 is 0 Å². The Bertz CT molecular complexity index is 3620. The van der Waals surface area contributed by atoms with Crippen molar-refractivity contribution in [3.05, 3.63) is 267 Å². The molecule has 0 unspecified atom stereocenters. The Balaban J connectivity index is 0.918. The molecule has 310 valence electrons. The molecule has 0 saturated carbocycles. The summed E-state index contributed by atoms with van der Waals surface area (Å²) in [6.07, 6.45) is 0. The van der Waals surface area contributed by atoms with Crippen molar-refractivity contribution in [3.8, 4) is 61.3 Å². The van der Waals surface area contributed by atoms with Crippen LogP contribution in [0.5, 0.6) is 0 Å². The molecule has 1 aromatic heterocycles. The molecule has 0 aliphatic heterocycles. The zero-order valence-corrected chi connectivity index (χ0v) is 36.3. The first kappa shape index (κ1) is 38.9. The van der Waals surface area contributed by atoms with Gasteiger partial charge in [-0.1, -0.05) is 212 Å². The van der Waals surface area contributed by atoms with E-state index in [0.717, 1.165) is 28.2 Å². The Morgan fingerprint density at radius 3 is 1.41 bits per heavy atom. The Hall–Kier alpha value is -8.72. The SMILES string of the molecule is c1ccc(-c2cccc(-c3ccccc3N(c3ccc(-c4ccc(-c5ccccc5-n5c6ccccc6c6ccccc65)cc4)cc3)c3ccc(-c4cccc5ccccc45)cc3)c2)cc1. The Morgan fingerprint density at radius 2 is 0.697 bits per heavy atom. The van der Waals surface area contributed by atoms with Crippen LogP contribution in [-0.4, -0.2) is 4.57 Å². The second-order valence-corrected chi connectivity index (χ2v) is 16.9. The standard InChI is InChI=1S/C64H44N2/c1-2-16-45(17-3-1)51-20-14-21-52(44-51)58-24-7-10-28-61(58)65(54-42-38-49(39-43-54)56-27-15-19-48-18-4-5-22-55(48)56)53-40-36-47(37-41-53)46-32-34-50(35-33-46)57-23-6-11-29-62(57)66-63-30-12-8-25-59(63)60-26-9-13-31-64(60)66/h1-44H. The van der Waals surface area contributed by atoms with E-state index in [1.807, 2.05) is 0 Å². The molecule has 0 aliphatic carbocycles. The monoisotopic (exact) mass is 840 g/mol. The fourth-order valence-corrected chi connectivity index (χ4v) is 9.84. The van der Waals surface area contributed by atoms with Gasteiger partial charge in [-0.3, -0.25) is 0 Å². The number of fused-ring (bicyclic) bond motifs is 4. The summed E-state index contributed by atoms with van der Waals surface area (Å²) in [5.74, 6) is 0. The predicted molar refractivity (Wildman–Crippen MR) is 280 cm³/mol. The van der Waals surface area contributed by atoms with E-state index in [9.17, 15) is 0 Å². The zero-order valence-electron chi connectivity index (χ0n) is 36.3. The highest BCUT2D eigenvalue weighted by Gasteiger charge is 2.19. The molecule has 0 bridgehead atoms. The molecule has 0 amide bonds. The van der Waals surface area contributed by atoms with Crippen LogP contribution in [0, 0.1) is 0 Å². The summed E-state index contributed by atoms with van der Waals surface area (Å²) >= 11 is 0. The smallest absolute Gasteiger partial charge is 0.0541 e. The van der Waals surface area contributed by atoms with Crippen molar-refractivity contribution in [2.24, 2.45) is 0 Å². The van der Waals surface area contributed by atoms with Gasteiger partial charge in [0.2, 0.25) is 0 Å². The van der Waals surface area contributed by atoms with Crippen LogP contribution in [-0.2, 0) is 0 Å². The van der Waals surface area contributed by atoms with Crippen molar-refractivity contribution in [2.75, 3.05) is 4.90 Å². The second-order valence-electron chi connectivity index (χ2n) is 16.9. The van der Waals surface area contributed by atoms with Crippen LogP contribution in [0.25, 0.3) is 93.9 Å². The third-order valence-electron chi connectivity index (χ3n) is 13.0. The number of hydrogen-bond donors (Lipinski definition) is 0. The highest BCUT2D eigenvalue weighted by Crippen LogP contribution is 2.43. The first-order chi connectivity index (χ1) is 32.7. The molecular formula is C64H44N2. The van der Waals surface area contributed by atoms with Crippen molar-refractivity contribution in [1.29, 1.82) is 0 Å². The second kappa shape index (κ2) is 16.8. The lowest BCUT2D eigenvalue weighted by atomic mass is 9.96. The maximum absolute atomic E-state index is 2.41. The molecule has 2 heteroatoms. The summed E-state index contributed by atoms with van der Waals surface area (Å²) in [6.45, 7) is 0. The van der Waals surface area contributed by atoms with E-state index >= 15 is 0 Å². The number of nitrogens with zero attached hydrogens (tertiary/aromatic N) is 2. The van der Waals surface area contributed by atoms with Gasteiger partial charge in [0.05, 0.1) is 22.4 Å². The van der Waals surface area contributed by atoms with Crippen LogP contribution < -0.4 is 4.90 Å². The maximum atomic E-state index is 2.41. The Labute approximate surface area is 385 Å². The molecule has 0 aliphatic rings. The van der Waals surface area contributed by atoms with E-state index in [1.165, 1.54) is 82.8 Å². The quantitative estimate of drug-likeness (QED) is 0.141. The highest BCUT2D eigenvalue weighted by atomic mass is 15.1. The molecule has 0 N–H and O–H groups in total. The fourth-order valence-electron chi connectivity index (χ4n) is 9.84. The minimum atomic E-state index is 1.08. The van der Waals surface area contributed by atoms with Gasteiger partial charge in [0.15, 0.2) is 0 Å². The average molecular weight is 841 g/mol. The molecule has 2 nitrogen and oxygen atoms in total. The third-order valence-corrected chi connectivity index (χ3v) is 13.0. The summed E-state index contributed by atoms with van der Waals surface area (Å²) in [5, 5.41) is 5.02. The van der Waals surface area contributed by atoms with E-state index in [2.05, 4.69) is 276 Å². The van der Waals surface area contributed by atoms with Crippen LogP contribution >= 0.6 is 0 Å². The molecule has 0 atom stereocenters. The van der Waals surface area contributed by atoms with E-state index in [-0.39, 0.29) is 0 Å². The lowest BCUT2D eigenvalue weighted by Crippen LogP contribution is -2.11. The van der Waals surface area contributed by atoms with Crippen molar-refractivity contribution in [1.82, 2.24) is 4.57 Å². The van der Waals surface area contributed by atoms with Crippen molar-refractivity contribution in [3.63, 3.8) is 0 Å². The van der Waals surface area contributed by atoms with Crippen LogP contribution in [0.2, 0.25) is 0 Å². The highest BCUT2D eigenvalue weighted by molar-refractivity contribution is 6.09. The number of anilines is 3. The molecule has 0 radical (unpaired) electrons. The summed E-state index contributed by atoms with van der Waals surface area (Å²) in [6, 6.07) is 96.8. The number of para-hydroxylation sites is 4. The molecule has 11 aromatic carbocycles. The van der Waals surface area contributed by atoms with Gasteiger partial charge in [-0.2, -0.15) is 0 Å². The summed E-state index contributed by atoms with van der Waals surface area (Å²) < 4.78 is 2.41. The van der Waals surface area contributed by atoms with Gasteiger partial charge in [0.1, 0.15) is 0 Å². The minimum Gasteiger partial charge on any atom is -0.310 e. The number of rotatable bonds is 9. The third kappa shape index (κ3) is 7.02. The largest absolute Gasteiger partial charge is 0.310 e. The molecule has 0 saturated heterocycles. The minimum absolute atomic E-state index is 1.08. The first-order valence-corrected chi connectivity index (χ1v) is 22.7. The van der Waals surface area contributed by atoms with Gasteiger partial charge in [0, 0.05) is 33.3 Å². The van der Waals surface area contributed by atoms with Crippen LogP contribution in [0.15, 0.2) is 267 Å². The summed E-state index contributed by atoms with van der Waals surface area (Å²) in [7, 11) is 0. The lowest BCUT2D eigenvalue weighted by molar-refractivity contribution is 1.18. The zero-order chi connectivity index (χ0) is 43.8. The molecular weight excluding hydrogens is 797 g/mol. The van der Waals surface area contributed by atoms with Crippen molar-refractivity contribution < 1.29 is 0 Å². The van der Waals surface area contributed by atoms with Crippen LogP contribution in [0.4, 0.5) is 17.1 Å². The van der Waals surface area contributed by atoms with Crippen molar-refractivity contribution >= 4 is 49.6 Å². The average Bonchev–Trinajstić information content (AvgIpc) is 3.74. The lowest BCUT2D eigenvalue weighted by Gasteiger charge is -2.28. The van der Waals surface area contributed by atoms with E-state index in [4.69, 9.17) is 0 Å². The number of aromatic nitrogens is 1. The molecule has 66 heavy (non-hydrogen) atoms. The van der Waals surface area contributed by atoms with Gasteiger partial charge in [-0.05, 0) is 110 Å². The summed E-state index contributed by atoms with van der Waals surface area (Å²) in [5.41, 5.74) is 18.7. The van der Waals surface area contributed by atoms with Crippen LogP contribution in [0.1, 0.15) is 0 Å². The van der Waals surface area contributed by atoms with Gasteiger partial charge < -0.3 is 9.47 Å². The maximum Gasteiger partial charge on any atom is 0.0541 e. The van der Waals surface area contributed by atoms with E-state index in [0.29, 0.717) is 0 Å². The van der Waals surface area contributed by atoms with Crippen LogP contribution in [0.3, 0.4) is 0 Å². The normalized spacial score (nSPS) is 11.3.